The van der Waals surface area contributed by atoms with E-state index in [-0.39, 0.29) is 29.2 Å². The van der Waals surface area contributed by atoms with Crippen LogP contribution in [0.1, 0.15) is 26.3 Å². The molecule has 0 radical (unpaired) electrons. The van der Waals surface area contributed by atoms with Crippen LogP contribution in [0.25, 0.3) is 0 Å². The van der Waals surface area contributed by atoms with Crippen molar-refractivity contribution in [3.05, 3.63) is 64.1 Å². The first-order chi connectivity index (χ1) is 15.4. The Bertz CT molecular complexity index is 1080. The minimum absolute atomic E-state index is 0.0992. The van der Waals surface area contributed by atoms with Crippen LogP contribution in [-0.4, -0.2) is 56.6 Å². The normalized spacial score (nSPS) is 12.3. The summed E-state index contributed by atoms with van der Waals surface area (Å²) in [5, 5.41) is 3.25. The fourth-order valence-electron chi connectivity index (χ4n) is 3.25. The second kappa shape index (κ2) is 11.7. The first kappa shape index (κ1) is 27.0. The number of hydrogen-bond donors (Lipinski definition) is 1. The van der Waals surface area contributed by atoms with Gasteiger partial charge in [0, 0.05) is 17.6 Å². The van der Waals surface area contributed by atoms with E-state index in [2.05, 4.69) is 5.32 Å². The van der Waals surface area contributed by atoms with Gasteiger partial charge in [-0.2, -0.15) is 0 Å². The summed E-state index contributed by atoms with van der Waals surface area (Å²) in [6.45, 7) is 5.01. The monoisotopic (exact) mass is 513 g/mol. The Morgan fingerprint density at radius 1 is 1.03 bits per heavy atom. The van der Waals surface area contributed by atoms with Crippen molar-refractivity contribution in [1.29, 1.82) is 0 Å². The summed E-state index contributed by atoms with van der Waals surface area (Å²) in [7, 11) is -3.86. The number of nitrogens with zero attached hydrogens (tertiary/aromatic N) is 2. The molecule has 0 saturated carbocycles. The van der Waals surface area contributed by atoms with Gasteiger partial charge in [-0.05, 0) is 51.0 Å². The Kier molecular flexibility index (Phi) is 9.57. The van der Waals surface area contributed by atoms with Crippen LogP contribution in [0.2, 0.25) is 10.0 Å². The van der Waals surface area contributed by atoms with E-state index in [0.717, 1.165) is 16.1 Å². The van der Waals surface area contributed by atoms with Gasteiger partial charge in [0.2, 0.25) is 21.8 Å². The third-order valence-corrected chi connectivity index (χ3v) is 6.60. The molecule has 7 nitrogen and oxygen atoms in total. The third-order valence-electron chi connectivity index (χ3n) is 4.94. The van der Waals surface area contributed by atoms with E-state index in [1.165, 1.54) is 23.1 Å². The molecule has 1 atom stereocenters. The van der Waals surface area contributed by atoms with Crippen LogP contribution >= 0.6 is 23.2 Å². The first-order valence-corrected chi connectivity index (χ1v) is 13.1. The lowest BCUT2D eigenvalue weighted by Gasteiger charge is -2.32. The molecule has 0 saturated heterocycles. The molecular weight excluding hydrogens is 485 g/mol. The van der Waals surface area contributed by atoms with Gasteiger partial charge in [0.1, 0.15) is 12.6 Å². The third kappa shape index (κ3) is 7.91. The number of carbonyl (C=O) groups is 2. The van der Waals surface area contributed by atoms with Gasteiger partial charge < -0.3 is 10.2 Å². The van der Waals surface area contributed by atoms with E-state index >= 15 is 0 Å². The van der Waals surface area contributed by atoms with Gasteiger partial charge in [0.25, 0.3) is 0 Å². The number of rotatable bonds is 10. The van der Waals surface area contributed by atoms with Crippen LogP contribution in [0.4, 0.5) is 5.69 Å². The van der Waals surface area contributed by atoms with Gasteiger partial charge in [-0.3, -0.25) is 13.9 Å². The summed E-state index contributed by atoms with van der Waals surface area (Å²) >= 11 is 12.2. The molecule has 10 heteroatoms. The van der Waals surface area contributed by atoms with Gasteiger partial charge in [0.05, 0.1) is 17.0 Å². The van der Waals surface area contributed by atoms with Crippen molar-refractivity contribution in [2.75, 3.05) is 23.7 Å². The summed E-state index contributed by atoms with van der Waals surface area (Å²) in [6, 6.07) is 13.0. The highest BCUT2D eigenvalue weighted by atomic mass is 35.5. The molecule has 0 heterocycles. The SMILES string of the molecule is CC(C)NC(=O)C(C)N(CCc1ccccc1)C(=O)CN(c1ccc(Cl)cc1Cl)S(C)(=O)=O. The molecule has 0 aliphatic carbocycles. The molecule has 0 aliphatic rings. The van der Waals surface area contributed by atoms with Gasteiger partial charge >= 0.3 is 0 Å². The van der Waals surface area contributed by atoms with Crippen molar-refractivity contribution in [2.45, 2.75) is 39.3 Å². The maximum Gasteiger partial charge on any atom is 0.244 e. The Morgan fingerprint density at radius 3 is 2.21 bits per heavy atom. The maximum absolute atomic E-state index is 13.4. The zero-order valence-corrected chi connectivity index (χ0v) is 21.4. The maximum atomic E-state index is 13.4. The van der Waals surface area contributed by atoms with E-state index in [1.54, 1.807) is 6.92 Å². The van der Waals surface area contributed by atoms with Gasteiger partial charge in [-0.1, -0.05) is 53.5 Å². The quantitative estimate of drug-likeness (QED) is 0.524. The van der Waals surface area contributed by atoms with E-state index in [9.17, 15) is 18.0 Å². The Labute approximate surface area is 205 Å². The average Bonchev–Trinajstić information content (AvgIpc) is 2.72. The molecule has 0 aliphatic heterocycles. The fourth-order valence-corrected chi connectivity index (χ4v) is 4.68. The number of halogens is 2. The van der Waals surface area contributed by atoms with Gasteiger partial charge in [0.15, 0.2) is 0 Å². The topological polar surface area (TPSA) is 86.8 Å². The summed E-state index contributed by atoms with van der Waals surface area (Å²) in [4.78, 5) is 27.5. The van der Waals surface area contributed by atoms with Gasteiger partial charge in [-0.15, -0.1) is 0 Å². The molecule has 1 unspecified atom stereocenters. The molecule has 2 amide bonds. The number of carbonyl (C=O) groups excluding carboxylic acids is 2. The zero-order valence-electron chi connectivity index (χ0n) is 19.1. The van der Waals surface area contributed by atoms with Crippen molar-refractivity contribution in [1.82, 2.24) is 10.2 Å². The lowest BCUT2D eigenvalue weighted by atomic mass is 10.1. The van der Waals surface area contributed by atoms with Crippen molar-refractivity contribution in [3.8, 4) is 0 Å². The number of hydrogen-bond acceptors (Lipinski definition) is 4. The molecule has 33 heavy (non-hydrogen) atoms. The second-order valence-corrected chi connectivity index (χ2v) is 10.8. The largest absolute Gasteiger partial charge is 0.352 e. The molecule has 0 fully saturated rings. The molecule has 2 aromatic carbocycles. The molecule has 2 rings (SSSR count). The molecule has 1 N–H and O–H groups in total. The highest BCUT2D eigenvalue weighted by Crippen LogP contribution is 2.30. The molecule has 0 bridgehead atoms. The molecule has 180 valence electrons. The first-order valence-electron chi connectivity index (χ1n) is 10.5. The smallest absolute Gasteiger partial charge is 0.244 e. The van der Waals surface area contributed by atoms with Crippen LogP contribution in [-0.2, 0) is 26.0 Å². The Morgan fingerprint density at radius 2 is 1.67 bits per heavy atom. The lowest BCUT2D eigenvalue weighted by molar-refractivity contribution is -0.139. The van der Waals surface area contributed by atoms with Crippen LogP contribution in [0, 0.1) is 0 Å². The van der Waals surface area contributed by atoms with Gasteiger partial charge in [-0.25, -0.2) is 8.42 Å². The predicted molar refractivity (Wildman–Crippen MR) is 133 cm³/mol. The summed E-state index contributed by atoms with van der Waals surface area (Å²) in [6.07, 6.45) is 1.50. The van der Waals surface area contributed by atoms with Crippen molar-refractivity contribution in [3.63, 3.8) is 0 Å². The van der Waals surface area contributed by atoms with Crippen molar-refractivity contribution >= 4 is 50.7 Å². The zero-order chi connectivity index (χ0) is 24.8. The van der Waals surface area contributed by atoms with Crippen LogP contribution in [0.5, 0.6) is 0 Å². The fraction of sp³-hybridized carbons (Fsp3) is 0.391. The summed E-state index contributed by atoms with van der Waals surface area (Å²) in [5.74, 6) is -0.837. The molecule has 0 aromatic heterocycles. The van der Waals surface area contributed by atoms with E-state index < -0.39 is 28.5 Å². The summed E-state index contributed by atoms with van der Waals surface area (Å²) in [5.41, 5.74) is 1.13. The van der Waals surface area contributed by atoms with Crippen molar-refractivity contribution in [2.24, 2.45) is 0 Å². The Balaban J connectivity index is 2.34. The molecule has 2 aromatic rings. The lowest BCUT2D eigenvalue weighted by Crippen LogP contribution is -2.53. The van der Waals surface area contributed by atoms with E-state index in [0.29, 0.717) is 11.4 Å². The standard InChI is InChI=1S/C23H29Cl2N3O4S/c1-16(2)26-23(30)17(3)27(13-12-18-8-6-5-7-9-18)22(29)15-28(33(4,31)32)21-11-10-19(24)14-20(21)25/h5-11,14,16-17H,12-13,15H2,1-4H3,(H,26,30). The van der Waals surface area contributed by atoms with Crippen molar-refractivity contribution < 1.29 is 18.0 Å². The molecular formula is C23H29Cl2N3O4S. The predicted octanol–water partition coefficient (Wildman–Crippen LogP) is 3.74. The van der Waals surface area contributed by atoms with E-state index in [1.807, 2.05) is 44.2 Å². The summed E-state index contributed by atoms with van der Waals surface area (Å²) < 4.78 is 26.0. The highest BCUT2D eigenvalue weighted by Gasteiger charge is 2.30. The Hall–Kier alpha value is -2.29. The van der Waals surface area contributed by atoms with E-state index in [4.69, 9.17) is 23.2 Å². The number of nitrogens with one attached hydrogen (secondary N) is 1. The van der Waals surface area contributed by atoms with Crippen LogP contribution < -0.4 is 9.62 Å². The molecule has 0 spiro atoms. The number of amides is 2. The number of benzene rings is 2. The minimum Gasteiger partial charge on any atom is -0.352 e. The average molecular weight is 514 g/mol. The van der Waals surface area contributed by atoms with Crippen LogP contribution in [0.3, 0.4) is 0 Å². The highest BCUT2D eigenvalue weighted by molar-refractivity contribution is 7.92. The number of anilines is 1. The second-order valence-electron chi connectivity index (χ2n) is 8.03. The van der Waals surface area contributed by atoms with Crippen LogP contribution in [0.15, 0.2) is 48.5 Å². The number of sulfonamides is 1. The minimum atomic E-state index is -3.86.